The first-order chi connectivity index (χ1) is 13.5. The van der Waals surface area contributed by atoms with Crippen molar-refractivity contribution in [3.63, 3.8) is 0 Å². The van der Waals surface area contributed by atoms with Crippen molar-refractivity contribution >= 4 is 5.95 Å². The van der Waals surface area contributed by atoms with Crippen LogP contribution in [0, 0.1) is 5.82 Å². The molecule has 1 aliphatic rings. The van der Waals surface area contributed by atoms with Crippen molar-refractivity contribution in [2.75, 3.05) is 32.2 Å². The number of halogens is 1. The molecule has 1 N–H and O–H groups in total. The normalized spacial score (nSPS) is 15.0. The molecule has 0 unspecified atom stereocenters. The van der Waals surface area contributed by atoms with E-state index in [-0.39, 0.29) is 5.82 Å². The molecule has 0 aliphatic carbocycles. The largest absolute Gasteiger partial charge is 0.347 e. The highest BCUT2D eigenvalue weighted by atomic mass is 19.1. The zero-order chi connectivity index (χ0) is 19.7. The average molecular weight is 381 g/mol. The number of nitrogens with zero attached hydrogens (tertiary/aromatic N) is 4. The lowest BCUT2D eigenvalue weighted by atomic mass is 10.1. The van der Waals surface area contributed by atoms with Crippen molar-refractivity contribution in [2.24, 2.45) is 0 Å². The maximum atomic E-state index is 13.4. The van der Waals surface area contributed by atoms with Gasteiger partial charge >= 0.3 is 0 Å². The number of aromatic amines is 1. The van der Waals surface area contributed by atoms with Gasteiger partial charge in [0.2, 0.25) is 12.2 Å². The molecule has 4 rings (SSSR count). The molecule has 0 amide bonds. The number of benzene rings is 1. The van der Waals surface area contributed by atoms with E-state index in [2.05, 4.69) is 26.5 Å². The van der Waals surface area contributed by atoms with Crippen LogP contribution in [-0.2, 0) is 9.47 Å². The van der Waals surface area contributed by atoms with Gasteiger partial charge in [0, 0.05) is 25.9 Å². The minimum absolute atomic E-state index is 0.310. The van der Waals surface area contributed by atoms with Gasteiger partial charge in [-0.05, 0) is 35.9 Å². The van der Waals surface area contributed by atoms with Gasteiger partial charge in [-0.15, -0.1) is 0 Å². The summed E-state index contributed by atoms with van der Waals surface area (Å²) in [5.74, 6) is 0.780. The first kappa shape index (κ1) is 18.3. The molecule has 8 heteroatoms. The Bertz CT molecular complexity index is 990. The molecule has 144 valence electrons. The van der Waals surface area contributed by atoms with Crippen molar-refractivity contribution in [3.8, 4) is 22.6 Å². The van der Waals surface area contributed by atoms with E-state index in [9.17, 15) is 4.39 Å². The summed E-state index contributed by atoms with van der Waals surface area (Å²) in [5, 5.41) is 0. The average Bonchev–Trinajstić information content (AvgIpc) is 3.14. The molecule has 3 aromatic rings. The molecule has 0 atom stereocenters. The molecular formula is C20H20FN5O2. The van der Waals surface area contributed by atoms with Crippen molar-refractivity contribution in [3.05, 3.63) is 60.3 Å². The van der Waals surface area contributed by atoms with Gasteiger partial charge in [0.05, 0.1) is 30.3 Å². The number of aromatic nitrogens is 4. The maximum absolute atomic E-state index is 13.4. The molecule has 0 spiro atoms. The molecule has 0 bridgehead atoms. The monoisotopic (exact) mass is 381 g/mol. The van der Waals surface area contributed by atoms with Crippen molar-refractivity contribution < 1.29 is 13.9 Å². The molecule has 3 heterocycles. The molecule has 1 fully saturated rings. The quantitative estimate of drug-likeness (QED) is 0.699. The predicted molar refractivity (Wildman–Crippen MR) is 103 cm³/mol. The van der Waals surface area contributed by atoms with Crippen molar-refractivity contribution in [1.82, 2.24) is 19.9 Å². The summed E-state index contributed by atoms with van der Waals surface area (Å²) in [4.78, 5) is 18.6. The van der Waals surface area contributed by atoms with Crippen LogP contribution in [0.1, 0.15) is 12.1 Å². The molecule has 1 aromatic carbocycles. The van der Waals surface area contributed by atoms with E-state index in [0.717, 1.165) is 11.1 Å². The van der Waals surface area contributed by atoms with Gasteiger partial charge in [0.15, 0.2) is 5.82 Å². The van der Waals surface area contributed by atoms with Gasteiger partial charge in [-0.3, -0.25) is 0 Å². The minimum Gasteiger partial charge on any atom is -0.347 e. The number of anilines is 1. The second-order valence-electron chi connectivity index (χ2n) is 6.69. The molecule has 1 saturated heterocycles. The molecule has 2 aromatic heterocycles. The van der Waals surface area contributed by atoms with Crippen LogP contribution in [0.5, 0.6) is 0 Å². The Balaban J connectivity index is 1.80. The number of nitrogens with one attached hydrogen (secondary N) is 1. The summed E-state index contributed by atoms with van der Waals surface area (Å²) in [6.07, 6.45) is 1.05. The highest BCUT2D eigenvalue weighted by Crippen LogP contribution is 2.33. The Kier molecular flexibility index (Phi) is 4.89. The molecule has 28 heavy (non-hydrogen) atoms. The van der Waals surface area contributed by atoms with Gasteiger partial charge in [0.1, 0.15) is 5.82 Å². The summed E-state index contributed by atoms with van der Waals surface area (Å²) in [6, 6.07) is 7.95. The van der Waals surface area contributed by atoms with Crippen LogP contribution < -0.4 is 4.90 Å². The number of rotatable bonds is 4. The molecule has 0 saturated carbocycles. The van der Waals surface area contributed by atoms with Crippen LogP contribution >= 0.6 is 0 Å². The summed E-state index contributed by atoms with van der Waals surface area (Å²) in [5.41, 5.74) is 3.60. The first-order valence-corrected chi connectivity index (χ1v) is 8.77. The van der Waals surface area contributed by atoms with Crippen LogP contribution in [-0.4, -0.2) is 47.2 Å². The lowest BCUT2D eigenvalue weighted by Crippen LogP contribution is -2.20. The van der Waals surface area contributed by atoms with Crippen LogP contribution in [0.4, 0.5) is 10.3 Å². The zero-order valence-electron chi connectivity index (χ0n) is 15.6. The summed E-state index contributed by atoms with van der Waals surface area (Å²) in [7, 11) is 3.74. The summed E-state index contributed by atoms with van der Waals surface area (Å²) >= 11 is 0. The highest BCUT2D eigenvalue weighted by Gasteiger charge is 2.25. The summed E-state index contributed by atoms with van der Waals surface area (Å²) < 4.78 is 24.8. The topological polar surface area (TPSA) is 76.2 Å². The number of ether oxygens (including phenoxy) is 2. The Labute approximate surface area is 161 Å². The smallest absolute Gasteiger partial charge is 0.225 e. The van der Waals surface area contributed by atoms with E-state index in [1.165, 1.54) is 12.1 Å². The van der Waals surface area contributed by atoms with Gasteiger partial charge in [0.25, 0.3) is 0 Å². The van der Waals surface area contributed by atoms with E-state index in [1.807, 2.05) is 19.0 Å². The predicted octanol–water partition coefficient (Wildman–Crippen LogP) is 3.34. The fourth-order valence-electron chi connectivity index (χ4n) is 2.84. The number of imidazole rings is 1. The highest BCUT2D eigenvalue weighted by molar-refractivity contribution is 5.77. The maximum Gasteiger partial charge on any atom is 0.225 e. The van der Waals surface area contributed by atoms with Crippen LogP contribution in [0.25, 0.3) is 22.6 Å². The SMILES string of the molecule is C=C1COC(c2nc(-c3ccc(F)cc3)c(-c3ccnc(N(C)C)n3)[nH]2)OC1. The van der Waals surface area contributed by atoms with Crippen molar-refractivity contribution in [1.29, 1.82) is 0 Å². The fraction of sp³-hybridized carbons (Fsp3) is 0.250. The van der Waals surface area contributed by atoms with Gasteiger partial charge < -0.3 is 19.4 Å². The minimum atomic E-state index is -0.631. The number of H-pyrrole nitrogens is 1. The Hall–Kier alpha value is -3.10. The fourth-order valence-corrected chi connectivity index (χ4v) is 2.84. The molecule has 7 nitrogen and oxygen atoms in total. The zero-order valence-corrected chi connectivity index (χ0v) is 15.6. The van der Waals surface area contributed by atoms with Gasteiger partial charge in [-0.25, -0.2) is 19.3 Å². The van der Waals surface area contributed by atoms with Crippen LogP contribution in [0.2, 0.25) is 0 Å². The third kappa shape index (κ3) is 3.64. The van der Waals surface area contributed by atoms with Gasteiger partial charge in [-0.2, -0.15) is 0 Å². The van der Waals surface area contributed by atoms with E-state index in [0.29, 0.717) is 42.1 Å². The lowest BCUT2D eigenvalue weighted by molar-refractivity contribution is -0.165. The second kappa shape index (κ2) is 7.49. The third-order valence-electron chi connectivity index (χ3n) is 4.24. The second-order valence-corrected chi connectivity index (χ2v) is 6.69. The molecule has 1 aliphatic heterocycles. The van der Waals surface area contributed by atoms with Crippen LogP contribution in [0.3, 0.4) is 0 Å². The number of hydrogen-bond acceptors (Lipinski definition) is 6. The van der Waals surface area contributed by atoms with Gasteiger partial charge in [-0.1, -0.05) is 6.58 Å². The third-order valence-corrected chi connectivity index (χ3v) is 4.24. The van der Waals surface area contributed by atoms with Crippen LogP contribution in [0.15, 0.2) is 48.7 Å². The molecule has 0 radical (unpaired) electrons. The van der Waals surface area contributed by atoms with E-state index in [4.69, 9.17) is 9.47 Å². The Morgan fingerprint density at radius 2 is 1.82 bits per heavy atom. The van der Waals surface area contributed by atoms with E-state index in [1.54, 1.807) is 24.4 Å². The number of hydrogen-bond donors (Lipinski definition) is 1. The van der Waals surface area contributed by atoms with E-state index >= 15 is 0 Å². The Morgan fingerprint density at radius 3 is 2.50 bits per heavy atom. The lowest BCUT2D eigenvalue weighted by Gasteiger charge is -2.22. The first-order valence-electron chi connectivity index (χ1n) is 8.77. The Morgan fingerprint density at radius 1 is 1.11 bits per heavy atom. The van der Waals surface area contributed by atoms with Crippen molar-refractivity contribution in [2.45, 2.75) is 6.29 Å². The summed E-state index contributed by atoms with van der Waals surface area (Å²) in [6.45, 7) is 4.67. The standard InChI is InChI=1S/C20H20FN5O2/c1-12-10-27-19(28-11-12)18-24-16(13-4-6-14(21)7-5-13)17(25-18)15-8-9-22-20(23-15)26(2)3/h4-9,19H,1,10-11H2,2-3H3,(H,24,25). The molecular weight excluding hydrogens is 361 g/mol. The van der Waals surface area contributed by atoms with E-state index < -0.39 is 6.29 Å².